The average molecular weight is 312 g/mol. The molecule has 0 radical (unpaired) electrons. The number of carbonyl (C=O) groups is 1. The highest BCUT2D eigenvalue weighted by Crippen LogP contribution is 2.23. The molecule has 0 unspecified atom stereocenters. The molecule has 0 fully saturated rings. The van der Waals surface area contributed by atoms with Crippen LogP contribution in [0.15, 0.2) is 18.2 Å². The molecule has 4 nitrogen and oxygen atoms in total. The minimum atomic E-state index is 0.0849. The molecule has 0 saturated carbocycles. The fourth-order valence-corrected chi connectivity index (χ4v) is 2.21. The van der Waals surface area contributed by atoms with Gasteiger partial charge in [0.1, 0.15) is 0 Å². The quantitative estimate of drug-likeness (QED) is 0.750. The number of hydrogen-bond acceptors (Lipinski definition) is 3. The summed E-state index contributed by atoms with van der Waals surface area (Å²) in [7, 11) is 3.54. The number of halogens is 1. The SMILES string of the molecule is CCCNCc1ccc(N(CC)CC(=O)N(C)C)cc1Cl. The van der Waals surface area contributed by atoms with Crippen molar-refractivity contribution < 1.29 is 4.79 Å². The molecule has 0 atom stereocenters. The molecule has 21 heavy (non-hydrogen) atoms. The molecule has 0 aliphatic carbocycles. The van der Waals surface area contributed by atoms with Gasteiger partial charge in [0.25, 0.3) is 0 Å². The number of nitrogens with zero attached hydrogens (tertiary/aromatic N) is 2. The molecular formula is C16H26ClN3O. The summed E-state index contributed by atoms with van der Waals surface area (Å²) in [4.78, 5) is 15.5. The molecule has 0 aliphatic heterocycles. The van der Waals surface area contributed by atoms with Gasteiger partial charge in [-0.15, -0.1) is 0 Å². The van der Waals surface area contributed by atoms with E-state index >= 15 is 0 Å². The molecule has 0 heterocycles. The first-order valence-electron chi connectivity index (χ1n) is 7.43. The maximum absolute atomic E-state index is 11.9. The van der Waals surface area contributed by atoms with E-state index in [-0.39, 0.29) is 5.91 Å². The molecule has 5 heteroatoms. The molecule has 1 aromatic rings. The van der Waals surface area contributed by atoms with Gasteiger partial charge in [0, 0.05) is 37.9 Å². The Bertz CT molecular complexity index is 463. The van der Waals surface area contributed by atoms with Gasteiger partial charge in [0.2, 0.25) is 5.91 Å². The number of anilines is 1. The number of nitrogens with one attached hydrogen (secondary N) is 1. The molecule has 1 aromatic carbocycles. The highest BCUT2D eigenvalue weighted by molar-refractivity contribution is 6.31. The van der Waals surface area contributed by atoms with Crippen molar-refractivity contribution >= 4 is 23.2 Å². The van der Waals surface area contributed by atoms with Gasteiger partial charge < -0.3 is 15.1 Å². The van der Waals surface area contributed by atoms with Gasteiger partial charge in [-0.3, -0.25) is 4.79 Å². The smallest absolute Gasteiger partial charge is 0.241 e. The Morgan fingerprint density at radius 2 is 2.00 bits per heavy atom. The van der Waals surface area contributed by atoms with Crippen molar-refractivity contribution in [3.05, 3.63) is 28.8 Å². The summed E-state index contributed by atoms with van der Waals surface area (Å²) < 4.78 is 0. The average Bonchev–Trinajstić information content (AvgIpc) is 2.46. The molecule has 1 N–H and O–H groups in total. The number of benzene rings is 1. The topological polar surface area (TPSA) is 35.6 Å². The lowest BCUT2D eigenvalue weighted by atomic mass is 10.2. The van der Waals surface area contributed by atoms with E-state index in [1.165, 1.54) is 0 Å². The van der Waals surface area contributed by atoms with Crippen LogP contribution in [0.2, 0.25) is 5.02 Å². The van der Waals surface area contributed by atoms with Crippen LogP contribution in [0, 0.1) is 0 Å². The van der Waals surface area contributed by atoms with Gasteiger partial charge >= 0.3 is 0 Å². The Hall–Kier alpha value is -1.26. The van der Waals surface area contributed by atoms with Crippen LogP contribution < -0.4 is 10.2 Å². The number of carbonyl (C=O) groups excluding carboxylic acids is 1. The lowest BCUT2D eigenvalue weighted by molar-refractivity contribution is -0.127. The molecule has 0 saturated heterocycles. The zero-order chi connectivity index (χ0) is 15.8. The number of likely N-dealkylation sites (N-methyl/N-ethyl adjacent to an activating group) is 2. The molecule has 0 bridgehead atoms. The van der Waals surface area contributed by atoms with Crippen LogP contribution in [0.1, 0.15) is 25.8 Å². The third kappa shape index (κ3) is 5.56. The lowest BCUT2D eigenvalue weighted by Crippen LogP contribution is -2.36. The lowest BCUT2D eigenvalue weighted by Gasteiger charge is -2.24. The second-order valence-corrected chi connectivity index (χ2v) is 5.66. The van der Waals surface area contributed by atoms with Crippen LogP contribution in [0.3, 0.4) is 0 Å². The summed E-state index contributed by atoms with van der Waals surface area (Å²) >= 11 is 6.35. The predicted octanol–water partition coefficient (Wildman–Crippen LogP) is 2.75. The summed E-state index contributed by atoms with van der Waals surface area (Å²) in [6.45, 7) is 7.06. The van der Waals surface area contributed by atoms with Gasteiger partial charge in [-0.1, -0.05) is 24.6 Å². The van der Waals surface area contributed by atoms with Crippen LogP contribution in [-0.2, 0) is 11.3 Å². The third-order valence-corrected chi connectivity index (χ3v) is 3.70. The van der Waals surface area contributed by atoms with Crippen molar-refractivity contribution in [3.8, 4) is 0 Å². The second-order valence-electron chi connectivity index (χ2n) is 5.25. The molecule has 118 valence electrons. The first-order chi connectivity index (χ1) is 9.99. The van der Waals surface area contributed by atoms with Crippen molar-refractivity contribution in [2.75, 3.05) is 38.6 Å². The standard InChI is InChI=1S/C16H26ClN3O/c1-5-9-18-11-13-7-8-14(10-15(13)17)20(6-2)12-16(21)19(3)4/h7-8,10,18H,5-6,9,11-12H2,1-4H3. The van der Waals surface area contributed by atoms with Gasteiger partial charge in [-0.2, -0.15) is 0 Å². The van der Waals surface area contributed by atoms with E-state index in [4.69, 9.17) is 11.6 Å². The summed E-state index contributed by atoms with van der Waals surface area (Å²) in [5.74, 6) is 0.0849. The highest BCUT2D eigenvalue weighted by Gasteiger charge is 2.12. The van der Waals surface area contributed by atoms with Gasteiger partial charge in [0.15, 0.2) is 0 Å². The molecule has 0 spiro atoms. The zero-order valence-electron chi connectivity index (χ0n) is 13.4. The molecular weight excluding hydrogens is 286 g/mol. The number of rotatable bonds is 8. The van der Waals surface area contributed by atoms with E-state index in [9.17, 15) is 4.79 Å². The minimum absolute atomic E-state index is 0.0849. The van der Waals surface area contributed by atoms with Crippen LogP contribution in [0.25, 0.3) is 0 Å². The van der Waals surface area contributed by atoms with Crippen molar-refractivity contribution in [1.29, 1.82) is 0 Å². The largest absolute Gasteiger partial charge is 0.362 e. The first-order valence-corrected chi connectivity index (χ1v) is 7.81. The fourth-order valence-electron chi connectivity index (χ4n) is 1.97. The molecule has 1 amide bonds. The first kappa shape index (κ1) is 17.8. The van der Waals surface area contributed by atoms with E-state index in [2.05, 4.69) is 12.2 Å². The van der Waals surface area contributed by atoms with E-state index in [0.717, 1.165) is 42.3 Å². The van der Waals surface area contributed by atoms with Crippen molar-refractivity contribution in [1.82, 2.24) is 10.2 Å². The van der Waals surface area contributed by atoms with Crippen molar-refractivity contribution in [2.45, 2.75) is 26.8 Å². The van der Waals surface area contributed by atoms with E-state index in [1.54, 1.807) is 19.0 Å². The fraction of sp³-hybridized carbons (Fsp3) is 0.562. The van der Waals surface area contributed by atoms with E-state index in [0.29, 0.717) is 6.54 Å². The van der Waals surface area contributed by atoms with Crippen LogP contribution >= 0.6 is 11.6 Å². The van der Waals surface area contributed by atoms with E-state index in [1.807, 2.05) is 30.0 Å². The maximum Gasteiger partial charge on any atom is 0.241 e. The van der Waals surface area contributed by atoms with Gasteiger partial charge in [0.05, 0.1) is 6.54 Å². The number of amides is 1. The van der Waals surface area contributed by atoms with Gasteiger partial charge in [-0.25, -0.2) is 0 Å². The van der Waals surface area contributed by atoms with E-state index < -0.39 is 0 Å². The maximum atomic E-state index is 11.9. The predicted molar refractivity (Wildman–Crippen MR) is 90.0 cm³/mol. The van der Waals surface area contributed by atoms with Crippen LogP contribution in [0.5, 0.6) is 0 Å². The Balaban J connectivity index is 2.77. The Kier molecular flexibility index (Phi) is 7.54. The highest BCUT2D eigenvalue weighted by atomic mass is 35.5. The van der Waals surface area contributed by atoms with Crippen molar-refractivity contribution in [3.63, 3.8) is 0 Å². The van der Waals surface area contributed by atoms with Crippen LogP contribution in [0.4, 0.5) is 5.69 Å². The summed E-state index contributed by atoms with van der Waals surface area (Å²) in [5, 5.41) is 4.09. The Morgan fingerprint density at radius 1 is 1.29 bits per heavy atom. The Labute approximate surface area is 133 Å². The molecule has 1 rings (SSSR count). The third-order valence-electron chi connectivity index (χ3n) is 3.35. The molecule has 0 aromatic heterocycles. The zero-order valence-corrected chi connectivity index (χ0v) is 14.2. The second kappa shape index (κ2) is 8.90. The minimum Gasteiger partial charge on any atom is -0.362 e. The molecule has 0 aliphatic rings. The van der Waals surface area contributed by atoms with Gasteiger partial charge in [-0.05, 0) is 37.6 Å². The van der Waals surface area contributed by atoms with Crippen molar-refractivity contribution in [2.24, 2.45) is 0 Å². The van der Waals surface area contributed by atoms with Crippen LogP contribution in [-0.4, -0.2) is 44.5 Å². The summed E-state index contributed by atoms with van der Waals surface area (Å²) in [6, 6.07) is 6.00. The Morgan fingerprint density at radius 3 is 2.52 bits per heavy atom. The monoisotopic (exact) mass is 311 g/mol. The normalized spacial score (nSPS) is 10.5. The summed E-state index contributed by atoms with van der Waals surface area (Å²) in [5.41, 5.74) is 2.07. The number of hydrogen-bond donors (Lipinski definition) is 1. The summed E-state index contributed by atoms with van der Waals surface area (Å²) in [6.07, 6.45) is 1.10.